The third-order valence-electron chi connectivity index (χ3n) is 4.73. The van der Waals surface area contributed by atoms with Crippen molar-refractivity contribution in [2.24, 2.45) is 4.99 Å². The largest absolute Gasteiger partial charge is 0.465 e. The van der Waals surface area contributed by atoms with E-state index < -0.39 is 12.0 Å². The number of esters is 1. The normalized spacial score (nSPS) is 16.5. The number of aromatic nitrogens is 1. The van der Waals surface area contributed by atoms with E-state index in [4.69, 9.17) is 9.15 Å². The molecule has 0 saturated heterocycles. The van der Waals surface area contributed by atoms with E-state index in [-0.39, 0.29) is 12.2 Å². The van der Waals surface area contributed by atoms with Crippen molar-refractivity contribution in [3.05, 3.63) is 90.5 Å². The number of rotatable bonds is 4. The SMILES string of the molecule is CCOC(=O)C1=C(C)N=c2sc(=Cc3ccco3)c(=O)n2[C@H]1c1ccc(C)cc1. The van der Waals surface area contributed by atoms with Gasteiger partial charge in [0.25, 0.3) is 5.56 Å². The van der Waals surface area contributed by atoms with Crippen LogP contribution in [0.3, 0.4) is 0 Å². The molecule has 0 N–H and O–H groups in total. The zero-order chi connectivity index (χ0) is 20.5. The first kappa shape index (κ1) is 19.1. The summed E-state index contributed by atoms with van der Waals surface area (Å²) in [5.41, 5.74) is 2.65. The Morgan fingerprint density at radius 2 is 2.03 bits per heavy atom. The molecule has 3 heterocycles. The van der Waals surface area contributed by atoms with Gasteiger partial charge in [-0.25, -0.2) is 9.79 Å². The minimum atomic E-state index is -0.593. The smallest absolute Gasteiger partial charge is 0.338 e. The van der Waals surface area contributed by atoms with Gasteiger partial charge >= 0.3 is 5.97 Å². The maximum atomic E-state index is 13.3. The fourth-order valence-electron chi connectivity index (χ4n) is 3.36. The van der Waals surface area contributed by atoms with Gasteiger partial charge in [0.05, 0.1) is 34.7 Å². The summed E-state index contributed by atoms with van der Waals surface area (Å²) >= 11 is 1.27. The van der Waals surface area contributed by atoms with Crippen LogP contribution >= 0.6 is 11.3 Å². The Balaban J connectivity index is 1.97. The molecule has 1 aliphatic heterocycles. The lowest BCUT2D eigenvalue weighted by Crippen LogP contribution is -2.39. The van der Waals surface area contributed by atoms with Gasteiger partial charge in [-0.2, -0.15) is 0 Å². The molecular weight excluding hydrogens is 388 g/mol. The van der Waals surface area contributed by atoms with Crippen molar-refractivity contribution < 1.29 is 13.9 Å². The zero-order valence-electron chi connectivity index (χ0n) is 16.3. The second-order valence-corrected chi connectivity index (χ2v) is 7.74. The Hall–Kier alpha value is -3.19. The van der Waals surface area contributed by atoms with Crippen LogP contribution < -0.4 is 14.9 Å². The number of fused-ring (bicyclic) bond motifs is 1. The van der Waals surface area contributed by atoms with Gasteiger partial charge in [0.15, 0.2) is 4.80 Å². The van der Waals surface area contributed by atoms with Gasteiger partial charge in [-0.1, -0.05) is 41.2 Å². The van der Waals surface area contributed by atoms with E-state index >= 15 is 0 Å². The van der Waals surface area contributed by atoms with Crippen molar-refractivity contribution in [1.29, 1.82) is 0 Å². The maximum absolute atomic E-state index is 13.3. The van der Waals surface area contributed by atoms with Crippen LogP contribution in [0.25, 0.3) is 6.08 Å². The minimum Gasteiger partial charge on any atom is -0.465 e. The molecule has 0 radical (unpaired) electrons. The van der Waals surface area contributed by atoms with Crippen LogP contribution in [0.2, 0.25) is 0 Å². The number of benzene rings is 1. The number of furan rings is 1. The minimum absolute atomic E-state index is 0.218. The Morgan fingerprint density at radius 1 is 1.28 bits per heavy atom. The van der Waals surface area contributed by atoms with Crippen LogP contribution in [0.15, 0.2) is 68.1 Å². The molecule has 0 aliphatic carbocycles. The summed E-state index contributed by atoms with van der Waals surface area (Å²) in [6.45, 7) is 5.77. The van der Waals surface area contributed by atoms with Gasteiger partial charge < -0.3 is 9.15 Å². The number of carbonyl (C=O) groups excluding carboxylic acids is 1. The van der Waals surface area contributed by atoms with E-state index in [0.29, 0.717) is 26.4 Å². The number of thiazole rings is 1. The second-order valence-electron chi connectivity index (χ2n) is 6.73. The molecule has 0 fully saturated rings. The lowest BCUT2D eigenvalue weighted by Gasteiger charge is -2.24. The first-order chi connectivity index (χ1) is 14.0. The fourth-order valence-corrected chi connectivity index (χ4v) is 4.38. The Kier molecular flexibility index (Phi) is 5.07. The van der Waals surface area contributed by atoms with Crippen LogP contribution in [0.1, 0.15) is 36.8 Å². The number of ether oxygens (including phenoxy) is 1. The summed E-state index contributed by atoms with van der Waals surface area (Å²) in [5, 5.41) is 0. The molecule has 1 aliphatic rings. The summed E-state index contributed by atoms with van der Waals surface area (Å²) < 4.78 is 12.7. The van der Waals surface area contributed by atoms with Crippen LogP contribution in [0.5, 0.6) is 0 Å². The average Bonchev–Trinajstić information content (AvgIpc) is 3.30. The van der Waals surface area contributed by atoms with Crippen molar-refractivity contribution in [2.45, 2.75) is 26.8 Å². The van der Waals surface area contributed by atoms with Gasteiger partial charge in [0.2, 0.25) is 0 Å². The molecule has 3 aromatic rings. The third-order valence-corrected chi connectivity index (χ3v) is 5.71. The van der Waals surface area contributed by atoms with Crippen LogP contribution in [-0.2, 0) is 9.53 Å². The van der Waals surface area contributed by atoms with Crippen LogP contribution in [-0.4, -0.2) is 17.1 Å². The summed E-state index contributed by atoms with van der Waals surface area (Å²) in [4.78, 5) is 31.1. The first-order valence-corrected chi connectivity index (χ1v) is 10.1. The second kappa shape index (κ2) is 7.67. The van der Waals surface area contributed by atoms with Gasteiger partial charge in [0, 0.05) is 6.08 Å². The van der Waals surface area contributed by atoms with E-state index in [1.165, 1.54) is 11.3 Å². The molecular formula is C22H20N2O4S. The maximum Gasteiger partial charge on any atom is 0.338 e. The molecule has 148 valence electrons. The molecule has 6 nitrogen and oxygen atoms in total. The zero-order valence-corrected chi connectivity index (χ0v) is 17.2. The quantitative estimate of drug-likeness (QED) is 0.622. The topological polar surface area (TPSA) is 73.8 Å². The molecule has 0 bridgehead atoms. The number of nitrogens with zero attached hydrogens (tertiary/aromatic N) is 2. The van der Waals surface area contributed by atoms with Crippen molar-refractivity contribution in [2.75, 3.05) is 6.61 Å². The highest BCUT2D eigenvalue weighted by molar-refractivity contribution is 7.07. The third kappa shape index (κ3) is 3.49. The molecule has 4 rings (SSSR count). The highest BCUT2D eigenvalue weighted by Crippen LogP contribution is 2.30. The van der Waals surface area contributed by atoms with Crippen molar-refractivity contribution in [3.63, 3.8) is 0 Å². The van der Waals surface area contributed by atoms with Gasteiger partial charge in [-0.15, -0.1) is 0 Å². The van der Waals surface area contributed by atoms with Crippen molar-refractivity contribution in [1.82, 2.24) is 4.57 Å². The predicted octanol–water partition coefficient (Wildman–Crippen LogP) is 2.70. The first-order valence-electron chi connectivity index (χ1n) is 9.29. The molecule has 1 aromatic carbocycles. The standard InChI is InChI=1S/C22H20N2O4S/c1-4-27-21(26)18-14(3)23-22-24(19(18)15-9-7-13(2)8-10-15)20(25)17(29-22)12-16-6-5-11-28-16/h5-12,19H,4H2,1-3H3/t19-/m0/s1. The highest BCUT2D eigenvalue weighted by Gasteiger charge is 2.33. The number of allylic oxidation sites excluding steroid dienone is 1. The van der Waals surface area contributed by atoms with Crippen LogP contribution in [0.4, 0.5) is 0 Å². The number of aryl methyl sites for hydroxylation is 1. The average molecular weight is 408 g/mol. The molecule has 0 amide bonds. The molecule has 0 unspecified atom stereocenters. The van der Waals surface area contributed by atoms with E-state index in [1.54, 1.807) is 42.9 Å². The number of carbonyl (C=O) groups is 1. The summed E-state index contributed by atoms with van der Waals surface area (Å²) in [6.07, 6.45) is 3.25. The van der Waals surface area contributed by atoms with E-state index in [2.05, 4.69) is 4.99 Å². The van der Waals surface area contributed by atoms with Gasteiger partial charge in [-0.3, -0.25) is 9.36 Å². The summed E-state index contributed by atoms with van der Waals surface area (Å²) in [5.74, 6) is 0.128. The molecule has 29 heavy (non-hydrogen) atoms. The predicted molar refractivity (Wildman–Crippen MR) is 110 cm³/mol. The molecule has 2 aromatic heterocycles. The lowest BCUT2D eigenvalue weighted by atomic mass is 9.95. The Morgan fingerprint density at radius 3 is 2.69 bits per heavy atom. The monoisotopic (exact) mass is 408 g/mol. The van der Waals surface area contributed by atoms with E-state index in [1.807, 2.05) is 31.2 Å². The Labute approximate surface area is 171 Å². The molecule has 0 saturated carbocycles. The Bertz CT molecular complexity index is 1260. The van der Waals surface area contributed by atoms with Crippen LogP contribution in [0, 0.1) is 6.92 Å². The van der Waals surface area contributed by atoms with Crippen molar-refractivity contribution in [3.8, 4) is 0 Å². The van der Waals surface area contributed by atoms with Crippen molar-refractivity contribution >= 4 is 23.4 Å². The fraction of sp³-hybridized carbons (Fsp3) is 0.227. The molecule has 7 heteroatoms. The number of hydrogen-bond acceptors (Lipinski definition) is 6. The van der Waals surface area contributed by atoms with E-state index in [9.17, 15) is 9.59 Å². The highest BCUT2D eigenvalue weighted by atomic mass is 32.1. The van der Waals surface area contributed by atoms with Gasteiger partial charge in [-0.05, 0) is 38.5 Å². The lowest BCUT2D eigenvalue weighted by molar-refractivity contribution is -0.139. The molecule has 1 atom stereocenters. The van der Waals surface area contributed by atoms with Gasteiger partial charge in [0.1, 0.15) is 5.76 Å². The summed E-state index contributed by atoms with van der Waals surface area (Å²) in [6, 6.07) is 10.7. The number of hydrogen-bond donors (Lipinski definition) is 0. The summed E-state index contributed by atoms with van der Waals surface area (Å²) in [7, 11) is 0. The molecule has 0 spiro atoms. The van der Waals surface area contributed by atoms with E-state index in [0.717, 1.165) is 11.1 Å².